The molecule has 2 aromatic rings. The number of hydrogen-bond acceptors (Lipinski definition) is 7. The average molecular weight is 558 g/mol. The van der Waals surface area contributed by atoms with Gasteiger partial charge in [-0.25, -0.2) is 4.79 Å². The van der Waals surface area contributed by atoms with Crippen molar-refractivity contribution < 1.29 is 28.6 Å². The summed E-state index contributed by atoms with van der Waals surface area (Å²) in [6.45, 7) is 5.44. The van der Waals surface area contributed by atoms with Crippen LogP contribution in [-0.2, 0) is 23.9 Å². The Labute approximate surface area is 231 Å². The van der Waals surface area contributed by atoms with E-state index in [0.29, 0.717) is 44.7 Å². The number of methoxy groups -OCH3 is 1. The fraction of sp³-hybridized carbons (Fsp3) is 0.345. The number of halogens is 2. The van der Waals surface area contributed by atoms with Gasteiger partial charge in [0, 0.05) is 38.8 Å². The summed E-state index contributed by atoms with van der Waals surface area (Å²) in [6, 6.07) is 12.2. The Balaban J connectivity index is 1.93. The fourth-order valence-electron chi connectivity index (χ4n) is 5.25. The van der Waals surface area contributed by atoms with Crippen molar-refractivity contribution in [3.05, 3.63) is 86.2 Å². The van der Waals surface area contributed by atoms with Gasteiger partial charge in [-0.2, -0.15) is 0 Å². The number of carbonyl (C=O) groups excluding carboxylic acids is 3. The zero-order valence-electron chi connectivity index (χ0n) is 21.6. The number of dihydropyridines is 1. The Morgan fingerprint density at radius 3 is 2.45 bits per heavy atom. The van der Waals surface area contributed by atoms with Crippen LogP contribution in [0.5, 0.6) is 5.75 Å². The van der Waals surface area contributed by atoms with E-state index in [1.165, 1.54) is 0 Å². The molecule has 0 amide bonds. The normalized spacial score (nSPS) is 21.0. The Morgan fingerprint density at radius 1 is 1.05 bits per heavy atom. The molecule has 0 saturated carbocycles. The number of esters is 2. The summed E-state index contributed by atoms with van der Waals surface area (Å²) in [6.07, 6.45) is 0.326. The molecule has 4 rings (SSSR count). The zero-order chi connectivity index (χ0) is 27.6. The van der Waals surface area contributed by atoms with E-state index in [1.54, 1.807) is 52.1 Å². The van der Waals surface area contributed by atoms with Crippen LogP contribution in [0, 0.1) is 5.92 Å². The summed E-state index contributed by atoms with van der Waals surface area (Å²) in [5.74, 6) is -3.52. The number of ether oxygens (including phenoxy) is 3. The van der Waals surface area contributed by atoms with E-state index < -0.39 is 35.5 Å². The number of allylic oxidation sites excluding steroid dienone is 3. The van der Waals surface area contributed by atoms with Gasteiger partial charge >= 0.3 is 11.9 Å². The zero-order valence-corrected chi connectivity index (χ0v) is 23.1. The van der Waals surface area contributed by atoms with Crippen molar-refractivity contribution in [2.75, 3.05) is 20.3 Å². The van der Waals surface area contributed by atoms with Gasteiger partial charge in [-0.3, -0.25) is 9.59 Å². The predicted octanol–water partition coefficient (Wildman–Crippen LogP) is 5.72. The quantitative estimate of drug-likeness (QED) is 0.344. The van der Waals surface area contributed by atoms with Crippen LogP contribution in [-0.4, -0.2) is 38.0 Å². The highest BCUT2D eigenvalue weighted by Crippen LogP contribution is 2.49. The highest BCUT2D eigenvalue weighted by molar-refractivity contribution is 6.35. The molecule has 9 heteroatoms. The molecule has 1 N–H and O–H groups in total. The summed E-state index contributed by atoms with van der Waals surface area (Å²) >= 11 is 12.8. The van der Waals surface area contributed by atoms with Gasteiger partial charge in [-0.1, -0.05) is 41.4 Å². The molecule has 1 aliphatic heterocycles. The SMILES string of the molecule is CCOC(=O)C1=C(C)NC2=C(C(=O)[C@H](C(=O)OCC)[C@H](c3cccc(OC)c3)C2)[C@H]1c1ccc(Cl)cc1Cl. The van der Waals surface area contributed by atoms with Gasteiger partial charge in [0.1, 0.15) is 11.7 Å². The summed E-state index contributed by atoms with van der Waals surface area (Å²) in [5.41, 5.74) is 2.99. The third-order valence-electron chi connectivity index (χ3n) is 6.85. The highest BCUT2D eigenvalue weighted by Gasteiger charge is 2.49. The minimum Gasteiger partial charge on any atom is -0.497 e. The average Bonchev–Trinajstić information content (AvgIpc) is 2.88. The molecule has 38 heavy (non-hydrogen) atoms. The molecule has 1 heterocycles. The molecule has 2 aromatic carbocycles. The third kappa shape index (κ3) is 5.18. The van der Waals surface area contributed by atoms with Crippen LogP contribution in [0.2, 0.25) is 10.0 Å². The minimum atomic E-state index is -1.13. The van der Waals surface area contributed by atoms with E-state index in [2.05, 4.69) is 5.32 Å². The van der Waals surface area contributed by atoms with Gasteiger partial charge in [-0.05, 0) is 62.6 Å². The van der Waals surface area contributed by atoms with Crippen molar-refractivity contribution in [3.8, 4) is 5.75 Å². The second kappa shape index (κ2) is 11.6. The topological polar surface area (TPSA) is 90.9 Å². The van der Waals surface area contributed by atoms with Crippen molar-refractivity contribution in [1.29, 1.82) is 0 Å². The first-order chi connectivity index (χ1) is 18.2. The Morgan fingerprint density at radius 2 is 1.79 bits per heavy atom. The van der Waals surface area contributed by atoms with Crippen LogP contribution in [0.4, 0.5) is 0 Å². The molecule has 0 unspecified atom stereocenters. The van der Waals surface area contributed by atoms with Crippen LogP contribution in [0.3, 0.4) is 0 Å². The summed E-state index contributed by atoms with van der Waals surface area (Å²) in [5, 5.41) is 3.98. The first kappa shape index (κ1) is 27.7. The molecule has 0 aromatic heterocycles. The van der Waals surface area contributed by atoms with Crippen LogP contribution in [0.1, 0.15) is 50.2 Å². The van der Waals surface area contributed by atoms with Crippen LogP contribution in [0.25, 0.3) is 0 Å². The number of hydrogen-bond donors (Lipinski definition) is 1. The molecule has 1 aliphatic carbocycles. The summed E-state index contributed by atoms with van der Waals surface area (Å²) in [7, 11) is 1.56. The maximum atomic E-state index is 14.3. The van der Waals surface area contributed by atoms with Crippen LogP contribution < -0.4 is 10.1 Å². The molecule has 7 nitrogen and oxygen atoms in total. The Kier molecular flexibility index (Phi) is 8.48. The molecule has 0 radical (unpaired) electrons. The molecule has 0 fully saturated rings. The van der Waals surface area contributed by atoms with Gasteiger partial charge in [-0.15, -0.1) is 0 Å². The lowest BCUT2D eigenvalue weighted by Crippen LogP contribution is -2.43. The lowest BCUT2D eigenvalue weighted by molar-refractivity contribution is -0.152. The van der Waals surface area contributed by atoms with Gasteiger partial charge in [0.25, 0.3) is 0 Å². The Bertz CT molecular complexity index is 1350. The molecule has 200 valence electrons. The summed E-state index contributed by atoms with van der Waals surface area (Å²) in [4.78, 5) is 40.8. The smallest absolute Gasteiger partial charge is 0.336 e. The van der Waals surface area contributed by atoms with Gasteiger partial charge in [0.15, 0.2) is 5.78 Å². The maximum Gasteiger partial charge on any atom is 0.336 e. The molecular formula is C29H29Cl2NO6. The number of benzene rings is 2. The van der Waals surface area contributed by atoms with Crippen molar-refractivity contribution >= 4 is 40.9 Å². The van der Waals surface area contributed by atoms with E-state index in [0.717, 1.165) is 5.56 Å². The predicted molar refractivity (Wildman–Crippen MR) is 144 cm³/mol. The maximum absolute atomic E-state index is 14.3. The molecular weight excluding hydrogens is 529 g/mol. The minimum absolute atomic E-state index is 0.122. The first-order valence-corrected chi connectivity index (χ1v) is 13.1. The lowest BCUT2D eigenvalue weighted by Gasteiger charge is -2.39. The van der Waals surface area contributed by atoms with Crippen molar-refractivity contribution in [2.45, 2.75) is 39.0 Å². The van der Waals surface area contributed by atoms with E-state index in [1.807, 2.05) is 18.2 Å². The second-order valence-electron chi connectivity index (χ2n) is 9.06. The van der Waals surface area contributed by atoms with Gasteiger partial charge in [0.2, 0.25) is 0 Å². The van der Waals surface area contributed by atoms with E-state index in [9.17, 15) is 14.4 Å². The van der Waals surface area contributed by atoms with Crippen molar-refractivity contribution in [3.63, 3.8) is 0 Å². The number of nitrogens with one attached hydrogen (secondary N) is 1. The molecule has 0 saturated heterocycles. The Hall–Kier alpha value is -3.29. The van der Waals surface area contributed by atoms with Crippen molar-refractivity contribution in [1.82, 2.24) is 5.32 Å². The number of carbonyl (C=O) groups is 3. The molecule has 0 bridgehead atoms. The van der Waals surface area contributed by atoms with Gasteiger partial charge < -0.3 is 19.5 Å². The lowest BCUT2D eigenvalue weighted by atomic mass is 9.67. The fourth-order valence-corrected chi connectivity index (χ4v) is 5.77. The van der Waals surface area contributed by atoms with Crippen LogP contribution >= 0.6 is 23.2 Å². The van der Waals surface area contributed by atoms with E-state index >= 15 is 0 Å². The number of rotatable bonds is 7. The first-order valence-electron chi connectivity index (χ1n) is 12.4. The highest BCUT2D eigenvalue weighted by atomic mass is 35.5. The van der Waals surface area contributed by atoms with Gasteiger partial charge in [0.05, 0.1) is 25.9 Å². The largest absolute Gasteiger partial charge is 0.497 e. The molecule has 0 spiro atoms. The molecule has 3 atom stereocenters. The third-order valence-corrected chi connectivity index (χ3v) is 7.41. The standard InChI is InChI=1S/C29H29Cl2NO6/c1-5-37-28(34)23-15(3)32-22-14-20(16-8-7-9-18(12-16)36-4)25(29(35)38-6-2)27(33)26(22)24(23)19-11-10-17(30)13-21(19)31/h7-13,20,24-25,32H,5-6,14H2,1-4H3/t20-,24-,25+/m0/s1. The van der Waals surface area contributed by atoms with E-state index in [-0.39, 0.29) is 18.8 Å². The number of ketones is 1. The monoisotopic (exact) mass is 557 g/mol. The second-order valence-corrected chi connectivity index (χ2v) is 9.90. The van der Waals surface area contributed by atoms with E-state index in [4.69, 9.17) is 37.4 Å². The molecule has 2 aliphatic rings. The summed E-state index contributed by atoms with van der Waals surface area (Å²) < 4.78 is 16.1. The number of Topliss-reactive ketones (excluding diaryl/α,β-unsaturated/α-hetero) is 1. The van der Waals surface area contributed by atoms with Crippen molar-refractivity contribution in [2.24, 2.45) is 5.92 Å². The van der Waals surface area contributed by atoms with Crippen LogP contribution in [0.15, 0.2) is 65.0 Å².